The third kappa shape index (κ3) is 5.30. The fraction of sp³-hybridized carbons (Fsp3) is 0.500. The lowest BCUT2D eigenvalue weighted by atomic mass is 9.98. The second kappa shape index (κ2) is 10.0. The summed E-state index contributed by atoms with van der Waals surface area (Å²) in [6.07, 6.45) is 5.65. The Hall–Kier alpha value is -2.45. The standard InChI is InChI=1S/C24H33N3O4S/c1-6-18(4)25-24(28)21-8-7-13-27(15-21)32(29,30)23-19(5)26-31-22(23)12-11-20-14-16(2)9-10-17(20)3/h9-12,14,18,21H,6-8,13,15H2,1-5H3,(H,25,28)/b12-11+/t18-,21-/m1/s1. The summed E-state index contributed by atoms with van der Waals surface area (Å²) in [5, 5.41) is 6.90. The molecule has 0 bridgehead atoms. The second-order valence-electron chi connectivity index (χ2n) is 8.67. The Kier molecular flexibility index (Phi) is 7.56. The number of carbonyl (C=O) groups is 1. The Labute approximate surface area is 190 Å². The van der Waals surface area contributed by atoms with Crippen LogP contribution in [-0.2, 0) is 14.8 Å². The number of rotatable bonds is 7. The molecule has 1 N–H and O–H groups in total. The van der Waals surface area contributed by atoms with Crippen LogP contribution >= 0.6 is 0 Å². The van der Waals surface area contributed by atoms with Gasteiger partial charge in [-0.25, -0.2) is 8.42 Å². The molecule has 1 fully saturated rings. The molecule has 0 radical (unpaired) electrons. The fourth-order valence-electron chi connectivity index (χ4n) is 3.87. The molecule has 32 heavy (non-hydrogen) atoms. The number of amides is 1. The number of sulfonamides is 1. The van der Waals surface area contributed by atoms with E-state index in [0.29, 0.717) is 25.1 Å². The molecule has 1 aliphatic heterocycles. The first-order chi connectivity index (χ1) is 15.1. The summed E-state index contributed by atoms with van der Waals surface area (Å²) >= 11 is 0. The molecule has 2 atom stereocenters. The first-order valence-corrected chi connectivity index (χ1v) is 12.6. The van der Waals surface area contributed by atoms with Crippen LogP contribution in [0.15, 0.2) is 27.6 Å². The van der Waals surface area contributed by atoms with Crippen molar-refractivity contribution in [3.63, 3.8) is 0 Å². The lowest BCUT2D eigenvalue weighted by molar-refractivity contribution is -0.126. The van der Waals surface area contributed by atoms with Crippen LogP contribution in [-0.4, -0.2) is 42.9 Å². The Bertz CT molecular complexity index is 1100. The van der Waals surface area contributed by atoms with E-state index >= 15 is 0 Å². The number of benzene rings is 1. The summed E-state index contributed by atoms with van der Waals surface area (Å²) in [5.74, 6) is -0.243. The van der Waals surface area contributed by atoms with E-state index in [9.17, 15) is 13.2 Å². The van der Waals surface area contributed by atoms with E-state index in [4.69, 9.17) is 4.52 Å². The number of hydrogen-bond donors (Lipinski definition) is 1. The maximum absolute atomic E-state index is 13.5. The smallest absolute Gasteiger partial charge is 0.248 e. The van der Waals surface area contributed by atoms with Crippen molar-refractivity contribution in [3.05, 3.63) is 46.3 Å². The summed E-state index contributed by atoms with van der Waals surface area (Å²) in [4.78, 5) is 12.7. The lowest BCUT2D eigenvalue weighted by Crippen LogP contribution is -2.47. The van der Waals surface area contributed by atoms with Crippen LogP contribution in [0, 0.1) is 26.7 Å². The topological polar surface area (TPSA) is 92.5 Å². The Morgan fingerprint density at radius 3 is 2.78 bits per heavy atom. The zero-order valence-electron chi connectivity index (χ0n) is 19.5. The minimum Gasteiger partial charge on any atom is -0.355 e. The minimum atomic E-state index is -3.86. The summed E-state index contributed by atoms with van der Waals surface area (Å²) < 4.78 is 33.8. The van der Waals surface area contributed by atoms with Crippen LogP contribution in [0.3, 0.4) is 0 Å². The van der Waals surface area contributed by atoms with E-state index in [-0.39, 0.29) is 35.1 Å². The highest BCUT2D eigenvalue weighted by Gasteiger charge is 2.37. The summed E-state index contributed by atoms with van der Waals surface area (Å²) in [6, 6.07) is 6.16. The second-order valence-corrected chi connectivity index (χ2v) is 10.5. The van der Waals surface area contributed by atoms with Crippen LogP contribution < -0.4 is 5.32 Å². The van der Waals surface area contributed by atoms with Crippen LogP contribution in [0.5, 0.6) is 0 Å². The Morgan fingerprint density at radius 2 is 2.06 bits per heavy atom. The van der Waals surface area contributed by atoms with Gasteiger partial charge in [0.05, 0.1) is 5.92 Å². The summed E-state index contributed by atoms with van der Waals surface area (Å²) in [6.45, 7) is 10.1. The van der Waals surface area contributed by atoms with Crippen molar-refractivity contribution in [1.82, 2.24) is 14.8 Å². The molecule has 1 aromatic heterocycles. The maximum Gasteiger partial charge on any atom is 0.248 e. The number of hydrogen-bond acceptors (Lipinski definition) is 5. The molecule has 1 aromatic carbocycles. The van der Waals surface area contributed by atoms with Crippen LogP contribution in [0.2, 0.25) is 0 Å². The molecule has 1 saturated heterocycles. The van der Waals surface area contributed by atoms with Gasteiger partial charge < -0.3 is 9.84 Å². The highest BCUT2D eigenvalue weighted by atomic mass is 32.2. The molecule has 2 heterocycles. The van der Waals surface area contributed by atoms with Gasteiger partial charge in [0.25, 0.3) is 0 Å². The van der Waals surface area contributed by atoms with Crippen molar-refractivity contribution >= 4 is 28.1 Å². The van der Waals surface area contributed by atoms with Crippen molar-refractivity contribution in [2.45, 2.75) is 64.8 Å². The molecular weight excluding hydrogens is 426 g/mol. The average Bonchev–Trinajstić information content (AvgIpc) is 3.15. The van der Waals surface area contributed by atoms with E-state index < -0.39 is 10.0 Å². The quantitative estimate of drug-likeness (QED) is 0.673. The number of nitrogens with zero attached hydrogens (tertiary/aromatic N) is 2. The zero-order chi connectivity index (χ0) is 23.5. The maximum atomic E-state index is 13.5. The van der Waals surface area contributed by atoms with Gasteiger partial charge in [-0.1, -0.05) is 41.9 Å². The molecular formula is C24H33N3O4S. The van der Waals surface area contributed by atoms with Crippen molar-refractivity contribution in [2.75, 3.05) is 13.1 Å². The number of aryl methyl sites for hydroxylation is 3. The molecule has 8 heteroatoms. The zero-order valence-corrected chi connectivity index (χ0v) is 20.3. The predicted molar refractivity (Wildman–Crippen MR) is 125 cm³/mol. The number of carbonyl (C=O) groups excluding carboxylic acids is 1. The van der Waals surface area contributed by atoms with Crippen LogP contribution in [0.25, 0.3) is 12.2 Å². The number of aromatic nitrogens is 1. The highest BCUT2D eigenvalue weighted by molar-refractivity contribution is 7.89. The van der Waals surface area contributed by atoms with Crippen molar-refractivity contribution < 1.29 is 17.7 Å². The Balaban J connectivity index is 1.86. The first-order valence-electron chi connectivity index (χ1n) is 11.2. The average molecular weight is 460 g/mol. The van der Waals surface area contributed by atoms with Gasteiger partial charge in [-0.2, -0.15) is 4.31 Å². The Morgan fingerprint density at radius 1 is 1.31 bits per heavy atom. The first kappa shape index (κ1) is 24.2. The van der Waals surface area contributed by atoms with Crippen molar-refractivity contribution in [2.24, 2.45) is 5.92 Å². The molecule has 0 unspecified atom stereocenters. The molecule has 174 valence electrons. The van der Waals surface area contributed by atoms with E-state index in [1.165, 1.54) is 4.31 Å². The molecule has 7 nitrogen and oxygen atoms in total. The normalized spacial score (nSPS) is 18.7. The van der Waals surface area contributed by atoms with Gasteiger partial charge in [-0.15, -0.1) is 0 Å². The van der Waals surface area contributed by atoms with Gasteiger partial charge in [0, 0.05) is 19.1 Å². The molecule has 0 spiro atoms. The SMILES string of the molecule is CC[C@@H](C)NC(=O)[C@@H]1CCCN(S(=O)(=O)c2c(C)noc2/C=C/c2cc(C)ccc2C)C1. The minimum absolute atomic E-state index is 0.0663. The third-order valence-electron chi connectivity index (χ3n) is 6.04. The van der Waals surface area contributed by atoms with Crippen LogP contribution in [0.4, 0.5) is 0 Å². The van der Waals surface area contributed by atoms with Crippen molar-refractivity contribution in [1.29, 1.82) is 0 Å². The van der Waals surface area contributed by atoms with Gasteiger partial charge >= 0.3 is 0 Å². The van der Waals surface area contributed by atoms with E-state index in [0.717, 1.165) is 23.1 Å². The van der Waals surface area contributed by atoms with Crippen molar-refractivity contribution in [3.8, 4) is 0 Å². The molecule has 0 aliphatic carbocycles. The molecule has 1 aliphatic rings. The van der Waals surface area contributed by atoms with Gasteiger partial charge in [0.1, 0.15) is 5.69 Å². The largest absolute Gasteiger partial charge is 0.355 e. The van der Waals surface area contributed by atoms with Gasteiger partial charge in [-0.05, 0) is 64.2 Å². The molecule has 2 aromatic rings. The number of nitrogens with one attached hydrogen (secondary N) is 1. The summed E-state index contributed by atoms with van der Waals surface area (Å²) in [7, 11) is -3.86. The predicted octanol–water partition coefficient (Wildman–Crippen LogP) is 4.09. The third-order valence-corrected chi connectivity index (χ3v) is 8.06. The molecule has 0 saturated carbocycles. The lowest BCUT2D eigenvalue weighted by Gasteiger charge is -2.31. The molecule has 1 amide bonds. The van der Waals surface area contributed by atoms with Crippen LogP contribution in [0.1, 0.15) is 61.3 Å². The van der Waals surface area contributed by atoms with Gasteiger partial charge in [0.15, 0.2) is 10.7 Å². The van der Waals surface area contributed by atoms with Gasteiger partial charge in [0.2, 0.25) is 15.9 Å². The van der Waals surface area contributed by atoms with Gasteiger partial charge in [-0.3, -0.25) is 4.79 Å². The van der Waals surface area contributed by atoms with E-state index in [1.54, 1.807) is 13.0 Å². The highest BCUT2D eigenvalue weighted by Crippen LogP contribution is 2.29. The number of piperidine rings is 1. The van der Waals surface area contributed by atoms with E-state index in [2.05, 4.69) is 10.5 Å². The van der Waals surface area contributed by atoms with E-state index in [1.807, 2.05) is 52.0 Å². The fourth-order valence-corrected chi connectivity index (χ4v) is 5.64. The molecule has 3 rings (SSSR count). The monoisotopic (exact) mass is 459 g/mol. The summed E-state index contributed by atoms with van der Waals surface area (Å²) in [5.41, 5.74) is 3.50.